The van der Waals surface area contributed by atoms with Crippen LogP contribution in [0.3, 0.4) is 0 Å². The zero-order valence-electron chi connectivity index (χ0n) is 20.2. The van der Waals surface area contributed by atoms with Gasteiger partial charge in [-0.2, -0.15) is 39.2 Å². The standard InChI is InChI=1S/C20H31F8NO6S/c1-5-10-29(11-6-2)15(31)17(19(24,25)26,13-14(30)16(3,4)21)35-12-8-7-9-18(22,23)20(27,28)36(32,33)34/h5-13H2,1-4H3,(H,32,33,34). The van der Waals surface area contributed by atoms with Crippen LogP contribution < -0.4 is 0 Å². The van der Waals surface area contributed by atoms with Crippen LogP contribution in [0.4, 0.5) is 35.1 Å². The van der Waals surface area contributed by atoms with Crippen molar-refractivity contribution >= 4 is 21.8 Å². The highest BCUT2D eigenvalue weighted by Gasteiger charge is 2.66. The van der Waals surface area contributed by atoms with Crippen LogP contribution in [0.1, 0.15) is 66.2 Å². The Bertz CT molecular complexity index is 851. The van der Waals surface area contributed by atoms with Gasteiger partial charge >= 0.3 is 27.5 Å². The van der Waals surface area contributed by atoms with E-state index in [2.05, 4.69) is 0 Å². The molecule has 0 heterocycles. The summed E-state index contributed by atoms with van der Waals surface area (Å²) < 4.78 is 145. The summed E-state index contributed by atoms with van der Waals surface area (Å²) in [5.74, 6) is -8.59. The van der Waals surface area contributed by atoms with E-state index in [1.54, 1.807) is 13.8 Å². The van der Waals surface area contributed by atoms with Crippen LogP contribution in [-0.4, -0.2) is 77.9 Å². The predicted octanol–water partition coefficient (Wildman–Crippen LogP) is 4.95. The normalized spacial score (nSPS) is 15.5. The zero-order chi connectivity index (χ0) is 28.8. The van der Waals surface area contributed by atoms with E-state index in [0.29, 0.717) is 13.8 Å². The Morgan fingerprint density at radius 3 is 1.72 bits per heavy atom. The minimum Gasteiger partial charge on any atom is -0.357 e. The molecule has 0 aromatic carbocycles. The summed E-state index contributed by atoms with van der Waals surface area (Å²) in [6, 6.07) is 0. The van der Waals surface area contributed by atoms with Crippen LogP contribution in [0.25, 0.3) is 0 Å². The van der Waals surface area contributed by atoms with Crippen molar-refractivity contribution in [2.45, 2.75) is 94.8 Å². The monoisotopic (exact) mass is 565 g/mol. The van der Waals surface area contributed by atoms with E-state index < -0.39 is 82.7 Å². The number of alkyl halides is 8. The fourth-order valence-electron chi connectivity index (χ4n) is 3.07. The lowest BCUT2D eigenvalue weighted by molar-refractivity contribution is -0.273. The number of unbranched alkanes of at least 4 members (excludes halogenated alkanes) is 1. The molecule has 36 heavy (non-hydrogen) atoms. The number of hydrogen-bond acceptors (Lipinski definition) is 5. The van der Waals surface area contributed by atoms with Crippen molar-refractivity contribution in [2.75, 3.05) is 19.7 Å². The Morgan fingerprint density at radius 2 is 1.36 bits per heavy atom. The third-order valence-corrected chi connectivity index (χ3v) is 6.08. The summed E-state index contributed by atoms with van der Waals surface area (Å²) in [5.41, 5.74) is -6.66. The lowest BCUT2D eigenvalue weighted by Gasteiger charge is -2.38. The molecule has 0 radical (unpaired) electrons. The van der Waals surface area contributed by atoms with Gasteiger partial charge in [-0.3, -0.25) is 14.1 Å². The molecule has 0 bridgehead atoms. The molecule has 16 heteroatoms. The SMILES string of the molecule is CCCN(CCC)C(=O)C(CC(=O)C(C)(C)F)(OCCCCC(F)(F)C(F)(F)S(=O)(=O)O)C(F)(F)F. The molecule has 214 valence electrons. The maximum atomic E-state index is 14.2. The van der Waals surface area contributed by atoms with Crippen LogP contribution in [0, 0.1) is 0 Å². The average molecular weight is 566 g/mol. The van der Waals surface area contributed by atoms with E-state index in [9.17, 15) is 53.1 Å². The molecule has 1 atom stereocenters. The molecule has 0 saturated heterocycles. The number of carbonyl (C=O) groups is 2. The molecule has 1 amide bonds. The summed E-state index contributed by atoms with van der Waals surface area (Å²) in [5, 5.41) is -5.85. The Kier molecular flexibility index (Phi) is 11.8. The van der Waals surface area contributed by atoms with Crippen molar-refractivity contribution in [1.82, 2.24) is 4.90 Å². The second kappa shape index (κ2) is 12.3. The first-order valence-corrected chi connectivity index (χ1v) is 12.4. The smallest absolute Gasteiger partial charge is 0.357 e. The number of nitrogens with zero attached hydrogens (tertiary/aromatic N) is 1. The molecule has 0 saturated carbocycles. The van der Waals surface area contributed by atoms with Gasteiger partial charge in [-0.1, -0.05) is 13.8 Å². The first kappa shape index (κ1) is 34.5. The number of amides is 1. The molecule has 0 aliphatic rings. The topological polar surface area (TPSA) is 101 Å². The fraction of sp³-hybridized carbons (Fsp3) is 0.900. The second-order valence-corrected chi connectivity index (χ2v) is 10.2. The molecule has 1 N–H and O–H groups in total. The van der Waals surface area contributed by atoms with Crippen molar-refractivity contribution in [3.8, 4) is 0 Å². The molecule has 0 fully saturated rings. The molecule has 0 aliphatic heterocycles. The van der Waals surface area contributed by atoms with Gasteiger partial charge in [-0.05, 0) is 39.5 Å². The molecule has 7 nitrogen and oxygen atoms in total. The number of halogens is 8. The predicted molar refractivity (Wildman–Crippen MR) is 112 cm³/mol. The Balaban J connectivity index is 5.96. The van der Waals surface area contributed by atoms with Crippen molar-refractivity contribution in [1.29, 1.82) is 0 Å². The second-order valence-electron chi connectivity index (χ2n) is 8.69. The summed E-state index contributed by atoms with van der Waals surface area (Å²) in [6.45, 7) is 2.98. The number of ketones is 1. The number of carbonyl (C=O) groups excluding carboxylic acids is 2. The molecular formula is C20H31F8NO6S. The number of hydrogen-bond donors (Lipinski definition) is 1. The molecule has 1 unspecified atom stereocenters. The molecular weight excluding hydrogens is 534 g/mol. The maximum absolute atomic E-state index is 14.2. The van der Waals surface area contributed by atoms with E-state index in [4.69, 9.17) is 9.29 Å². The highest BCUT2D eigenvalue weighted by atomic mass is 32.2. The minimum absolute atomic E-state index is 0.169. The Hall–Kier alpha value is -1.55. The van der Waals surface area contributed by atoms with Crippen LogP contribution in [0.15, 0.2) is 0 Å². The molecule has 0 aliphatic carbocycles. The van der Waals surface area contributed by atoms with Crippen molar-refractivity contribution < 1.29 is 62.4 Å². The minimum atomic E-state index is -6.49. The summed E-state index contributed by atoms with van der Waals surface area (Å²) >= 11 is 0. The zero-order valence-corrected chi connectivity index (χ0v) is 21.0. The molecule has 0 aromatic rings. The van der Waals surface area contributed by atoms with Crippen molar-refractivity contribution in [3.63, 3.8) is 0 Å². The van der Waals surface area contributed by atoms with Crippen LogP contribution in [-0.2, 0) is 24.4 Å². The Labute approximate surface area is 204 Å². The van der Waals surface area contributed by atoms with Gasteiger partial charge in [-0.15, -0.1) is 0 Å². The summed E-state index contributed by atoms with van der Waals surface area (Å²) in [7, 11) is -6.49. The Morgan fingerprint density at radius 1 is 0.889 bits per heavy atom. The van der Waals surface area contributed by atoms with E-state index in [1.807, 2.05) is 0 Å². The van der Waals surface area contributed by atoms with Gasteiger partial charge in [0.15, 0.2) is 11.5 Å². The van der Waals surface area contributed by atoms with Gasteiger partial charge < -0.3 is 9.64 Å². The first-order chi connectivity index (χ1) is 16.0. The molecule has 0 rings (SSSR count). The lowest BCUT2D eigenvalue weighted by atomic mass is 9.88. The van der Waals surface area contributed by atoms with Gasteiger partial charge in [0, 0.05) is 26.1 Å². The number of rotatable bonds is 16. The van der Waals surface area contributed by atoms with Crippen molar-refractivity contribution in [2.24, 2.45) is 0 Å². The van der Waals surface area contributed by atoms with Crippen molar-refractivity contribution in [3.05, 3.63) is 0 Å². The first-order valence-electron chi connectivity index (χ1n) is 11.0. The van der Waals surface area contributed by atoms with Crippen LogP contribution >= 0.6 is 0 Å². The van der Waals surface area contributed by atoms with E-state index >= 15 is 0 Å². The average Bonchev–Trinajstić information content (AvgIpc) is 2.69. The van der Waals surface area contributed by atoms with Gasteiger partial charge in [0.1, 0.15) is 0 Å². The number of ether oxygens (including phenoxy) is 1. The quantitative estimate of drug-likeness (QED) is 0.162. The van der Waals surface area contributed by atoms with E-state index in [-0.39, 0.29) is 25.9 Å². The molecule has 0 spiro atoms. The van der Waals surface area contributed by atoms with E-state index in [1.165, 1.54) is 0 Å². The fourth-order valence-corrected chi connectivity index (χ4v) is 3.55. The van der Waals surface area contributed by atoms with Gasteiger partial charge in [0.05, 0.1) is 6.42 Å². The maximum Gasteiger partial charge on any atom is 0.431 e. The largest absolute Gasteiger partial charge is 0.431 e. The lowest BCUT2D eigenvalue weighted by Crippen LogP contribution is -2.62. The van der Waals surface area contributed by atoms with Gasteiger partial charge in [0.25, 0.3) is 5.91 Å². The third kappa shape index (κ3) is 8.23. The summed E-state index contributed by atoms with van der Waals surface area (Å²) in [4.78, 5) is 26.0. The molecule has 0 aromatic heterocycles. The van der Waals surface area contributed by atoms with Gasteiger partial charge in [-0.25, -0.2) is 4.39 Å². The summed E-state index contributed by atoms with van der Waals surface area (Å²) in [6.07, 6.45) is -10.6. The highest BCUT2D eigenvalue weighted by molar-refractivity contribution is 7.87. The van der Waals surface area contributed by atoms with Crippen LogP contribution in [0.2, 0.25) is 0 Å². The van der Waals surface area contributed by atoms with Gasteiger partial charge in [0.2, 0.25) is 5.60 Å². The van der Waals surface area contributed by atoms with Crippen LogP contribution in [0.5, 0.6) is 0 Å². The highest BCUT2D eigenvalue weighted by Crippen LogP contribution is 2.43. The van der Waals surface area contributed by atoms with E-state index in [0.717, 1.165) is 4.90 Å². The number of Topliss-reactive ketones (excluding diaryl/α,β-unsaturated/α-hetero) is 1. The third-order valence-electron chi connectivity index (χ3n) is 5.13.